The molecule has 0 aliphatic heterocycles. The third-order valence-corrected chi connectivity index (χ3v) is 1.23. The molecule has 0 fully saturated rings. The van der Waals surface area contributed by atoms with Crippen LogP contribution in [0.4, 0.5) is 17.6 Å². The summed E-state index contributed by atoms with van der Waals surface area (Å²) < 4.78 is 48.3. The Bertz CT molecular complexity index is 346. The summed E-state index contributed by atoms with van der Waals surface area (Å²) in [6.07, 6.45) is -2.76. The van der Waals surface area contributed by atoms with Crippen LogP contribution >= 0.6 is 0 Å². The molecule has 0 aliphatic rings. The lowest BCUT2D eigenvalue weighted by Crippen LogP contribution is -2.15. The average Bonchev–Trinajstić information content (AvgIpc) is 2.00. The van der Waals surface area contributed by atoms with Gasteiger partial charge in [0.1, 0.15) is 5.69 Å². The first kappa shape index (κ1) is 8.76. The van der Waals surface area contributed by atoms with Crippen molar-refractivity contribution in [2.24, 2.45) is 0 Å². The van der Waals surface area contributed by atoms with Crippen molar-refractivity contribution in [1.82, 2.24) is 4.98 Å². The largest absolute Gasteiger partial charge is 0.355 e. The number of pyridine rings is 1. The zero-order valence-electron chi connectivity index (χ0n) is 5.57. The average molecular weight is 181 g/mol. The molecule has 0 radical (unpaired) electrons. The van der Waals surface area contributed by atoms with E-state index < -0.39 is 29.2 Å². The summed E-state index contributed by atoms with van der Waals surface area (Å²) in [7, 11) is 0. The van der Waals surface area contributed by atoms with Crippen LogP contribution in [0.5, 0.6) is 0 Å². The van der Waals surface area contributed by atoms with Gasteiger partial charge in [-0.1, -0.05) is 0 Å². The number of rotatable bonds is 1. The highest BCUT2D eigenvalue weighted by Crippen LogP contribution is 2.16. The monoisotopic (exact) mass is 181 g/mol. The molecular weight excluding hydrogens is 178 g/mol. The van der Waals surface area contributed by atoms with Gasteiger partial charge in [0.2, 0.25) is 0 Å². The highest BCUT2D eigenvalue weighted by Gasteiger charge is 2.18. The lowest BCUT2D eigenvalue weighted by atomic mass is 10.3. The van der Waals surface area contributed by atoms with Crippen molar-refractivity contribution in [3.63, 3.8) is 0 Å². The van der Waals surface area contributed by atoms with Crippen LogP contribution in [0.25, 0.3) is 0 Å². The van der Waals surface area contributed by atoms with Crippen molar-refractivity contribution >= 4 is 0 Å². The number of alkyl halides is 2. The van der Waals surface area contributed by atoms with Crippen molar-refractivity contribution < 1.29 is 17.6 Å². The molecule has 0 spiro atoms. The highest BCUT2D eigenvalue weighted by molar-refractivity contribution is 5.09. The van der Waals surface area contributed by atoms with E-state index >= 15 is 0 Å². The smallest absolute Gasteiger partial charge is 0.281 e. The summed E-state index contributed by atoms with van der Waals surface area (Å²) in [5.74, 6) is -3.19. The number of aromatic amines is 1. The van der Waals surface area contributed by atoms with Gasteiger partial charge in [0.25, 0.3) is 11.9 Å². The SMILES string of the molecule is O=c1c(F)c[nH]c(C(F)F)c1F. The molecule has 1 aromatic rings. The van der Waals surface area contributed by atoms with Crippen LogP contribution in [0, 0.1) is 11.6 Å². The number of halogens is 4. The highest BCUT2D eigenvalue weighted by atomic mass is 19.3. The first-order valence-corrected chi connectivity index (χ1v) is 2.88. The molecule has 1 N–H and O–H groups in total. The normalized spacial score (nSPS) is 10.8. The fourth-order valence-electron chi connectivity index (χ4n) is 0.656. The quantitative estimate of drug-likeness (QED) is 0.655. The fourth-order valence-corrected chi connectivity index (χ4v) is 0.656. The number of aromatic nitrogens is 1. The number of nitrogens with one attached hydrogen (secondary N) is 1. The first-order valence-electron chi connectivity index (χ1n) is 2.88. The molecule has 0 aliphatic carbocycles. The molecule has 66 valence electrons. The molecule has 0 bridgehead atoms. The van der Waals surface area contributed by atoms with Gasteiger partial charge >= 0.3 is 0 Å². The summed E-state index contributed by atoms with van der Waals surface area (Å²) in [4.78, 5) is 12.0. The second kappa shape index (κ2) is 2.96. The molecule has 1 aromatic heterocycles. The van der Waals surface area contributed by atoms with Crippen molar-refractivity contribution in [2.75, 3.05) is 0 Å². The van der Waals surface area contributed by atoms with Gasteiger partial charge in [-0.15, -0.1) is 0 Å². The van der Waals surface area contributed by atoms with E-state index in [4.69, 9.17) is 0 Å². The molecule has 1 heterocycles. The van der Waals surface area contributed by atoms with Crippen molar-refractivity contribution in [3.05, 3.63) is 33.7 Å². The molecular formula is C6H3F4NO. The molecule has 0 atom stereocenters. The van der Waals surface area contributed by atoms with E-state index in [1.165, 1.54) is 0 Å². The van der Waals surface area contributed by atoms with Gasteiger partial charge in [0.15, 0.2) is 11.6 Å². The molecule has 6 heteroatoms. The van der Waals surface area contributed by atoms with Crippen molar-refractivity contribution in [1.29, 1.82) is 0 Å². The second-order valence-electron chi connectivity index (χ2n) is 1.99. The molecule has 0 amide bonds. The van der Waals surface area contributed by atoms with E-state index in [-0.39, 0.29) is 0 Å². The Morgan fingerprint density at radius 2 is 1.92 bits per heavy atom. The number of H-pyrrole nitrogens is 1. The van der Waals surface area contributed by atoms with E-state index in [0.717, 1.165) is 0 Å². The molecule has 1 rings (SSSR count). The van der Waals surface area contributed by atoms with Gasteiger partial charge in [-0.3, -0.25) is 4.79 Å². The predicted octanol–water partition coefficient (Wildman–Crippen LogP) is 1.59. The molecule has 0 unspecified atom stereocenters. The topological polar surface area (TPSA) is 32.9 Å². The predicted molar refractivity (Wildman–Crippen MR) is 31.9 cm³/mol. The van der Waals surface area contributed by atoms with E-state index in [2.05, 4.69) is 0 Å². The summed E-state index contributed by atoms with van der Waals surface area (Å²) in [6.45, 7) is 0. The maximum atomic E-state index is 12.4. The molecule has 0 saturated carbocycles. The molecule has 12 heavy (non-hydrogen) atoms. The Hall–Kier alpha value is -1.33. The zero-order valence-corrected chi connectivity index (χ0v) is 5.57. The summed E-state index contributed by atoms with van der Waals surface area (Å²) >= 11 is 0. The summed E-state index contributed by atoms with van der Waals surface area (Å²) in [6, 6.07) is 0. The van der Waals surface area contributed by atoms with Gasteiger partial charge in [-0.2, -0.15) is 0 Å². The third-order valence-electron chi connectivity index (χ3n) is 1.23. The van der Waals surface area contributed by atoms with Crippen LogP contribution in [0.1, 0.15) is 12.1 Å². The van der Waals surface area contributed by atoms with Crippen molar-refractivity contribution in [2.45, 2.75) is 6.43 Å². The maximum absolute atomic E-state index is 12.4. The standard InChI is InChI=1S/C6H3F4NO/c7-2-1-11-4(6(9)10)3(8)5(2)12/h1,6H,(H,11,12). The van der Waals surface area contributed by atoms with E-state index in [9.17, 15) is 22.4 Å². The lowest BCUT2D eigenvalue weighted by molar-refractivity contribution is 0.140. The summed E-state index contributed by atoms with van der Waals surface area (Å²) in [5.41, 5.74) is -2.84. The Labute approximate surface area is 63.8 Å². The zero-order chi connectivity index (χ0) is 9.30. The molecule has 0 saturated heterocycles. The number of hydrogen-bond acceptors (Lipinski definition) is 1. The minimum absolute atomic E-state index is 0.396. The minimum atomic E-state index is -3.15. The van der Waals surface area contributed by atoms with Gasteiger partial charge in [0.05, 0.1) is 0 Å². The van der Waals surface area contributed by atoms with Crippen LogP contribution in [-0.4, -0.2) is 4.98 Å². The van der Waals surface area contributed by atoms with Crippen molar-refractivity contribution in [3.8, 4) is 0 Å². The number of hydrogen-bond donors (Lipinski definition) is 1. The van der Waals surface area contributed by atoms with Gasteiger partial charge < -0.3 is 4.98 Å². The first-order chi connectivity index (χ1) is 5.54. The van der Waals surface area contributed by atoms with Gasteiger partial charge in [-0.05, 0) is 0 Å². The Kier molecular flexibility index (Phi) is 2.16. The minimum Gasteiger partial charge on any atom is -0.355 e. The lowest BCUT2D eigenvalue weighted by Gasteiger charge is -1.99. The van der Waals surface area contributed by atoms with E-state index in [0.29, 0.717) is 6.20 Å². The maximum Gasteiger partial charge on any atom is 0.281 e. The van der Waals surface area contributed by atoms with Gasteiger partial charge in [-0.25, -0.2) is 17.6 Å². The molecule has 0 aromatic carbocycles. The Morgan fingerprint density at radius 1 is 1.33 bits per heavy atom. The second-order valence-corrected chi connectivity index (χ2v) is 1.99. The van der Waals surface area contributed by atoms with E-state index in [1.807, 2.05) is 0 Å². The fraction of sp³-hybridized carbons (Fsp3) is 0.167. The van der Waals surface area contributed by atoms with Crippen LogP contribution < -0.4 is 5.43 Å². The van der Waals surface area contributed by atoms with Crippen LogP contribution in [0.2, 0.25) is 0 Å². The van der Waals surface area contributed by atoms with Gasteiger partial charge in [0, 0.05) is 6.20 Å². The Balaban J connectivity index is 3.37. The molecule has 2 nitrogen and oxygen atoms in total. The summed E-state index contributed by atoms with van der Waals surface area (Å²) in [5, 5.41) is 0. The van der Waals surface area contributed by atoms with E-state index in [1.54, 1.807) is 4.98 Å². The third kappa shape index (κ3) is 1.32. The van der Waals surface area contributed by atoms with Crippen LogP contribution in [-0.2, 0) is 0 Å². The van der Waals surface area contributed by atoms with Crippen LogP contribution in [0.15, 0.2) is 11.0 Å². The Morgan fingerprint density at radius 3 is 2.42 bits per heavy atom. The van der Waals surface area contributed by atoms with Crippen LogP contribution in [0.3, 0.4) is 0 Å².